The highest BCUT2D eigenvalue weighted by molar-refractivity contribution is 5.79. The van der Waals surface area contributed by atoms with E-state index in [4.69, 9.17) is 0 Å². The number of anilines is 1. The van der Waals surface area contributed by atoms with Crippen LogP contribution in [0.5, 0.6) is 0 Å². The molecule has 80 valence electrons. The average Bonchev–Trinajstić information content (AvgIpc) is 2.33. The molecule has 0 atom stereocenters. The SMILES string of the molecule is Cc1ccccc1N/N=C\c1ccncc1. The van der Waals surface area contributed by atoms with Crippen LogP contribution in [-0.2, 0) is 0 Å². The van der Waals surface area contributed by atoms with Gasteiger partial charge in [0.15, 0.2) is 0 Å². The van der Waals surface area contributed by atoms with Crippen LogP contribution in [0.2, 0.25) is 0 Å². The fourth-order valence-electron chi connectivity index (χ4n) is 1.32. The van der Waals surface area contributed by atoms with Crippen molar-refractivity contribution >= 4 is 11.9 Å². The lowest BCUT2D eigenvalue weighted by molar-refractivity contribution is 1.30. The van der Waals surface area contributed by atoms with Crippen LogP contribution in [0.15, 0.2) is 53.9 Å². The maximum atomic E-state index is 4.17. The Balaban J connectivity index is 2.03. The molecule has 0 aliphatic rings. The van der Waals surface area contributed by atoms with Gasteiger partial charge in [-0.05, 0) is 36.2 Å². The average molecular weight is 211 g/mol. The van der Waals surface area contributed by atoms with E-state index in [9.17, 15) is 0 Å². The van der Waals surface area contributed by atoms with Gasteiger partial charge in [-0.15, -0.1) is 0 Å². The fourth-order valence-corrected chi connectivity index (χ4v) is 1.32. The van der Waals surface area contributed by atoms with E-state index in [0.29, 0.717) is 0 Å². The fraction of sp³-hybridized carbons (Fsp3) is 0.0769. The summed E-state index contributed by atoms with van der Waals surface area (Å²) >= 11 is 0. The monoisotopic (exact) mass is 211 g/mol. The predicted octanol–water partition coefficient (Wildman–Crippen LogP) is 2.84. The Morgan fingerprint density at radius 1 is 1.12 bits per heavy atom. The molecule has 16 heavy (non-hydrogen) atoms. The van der Waals surface area contributed by atoms with Crippen LogP contribution in [-0.4, -0.2) is 11.2 Å². The first-order chi connectivity index (χ1) is 7.86. The summed E-state index contributed by atoms with van der Waals surface area (Å²) < 4.78 is 0. The van der Waals surface area contributed by atoms with Gasteiger partial charge in [0, 0.05) is 12.4 Å². The molecule has 0 spiro atoms. The number of rotatable bonds is 3. The molecule has 3 nitrogen and oxygen atoms in total. The Morgan fingerprint density at radius 3 is 2.62 bits per heavy atom. The molecule has 0 saturated carbocycles. The molecule has 0 bridgehead atoms. The molecule has 1 heterocycles. The summed E-state index contributed by atoms with van der Waals surface area (Å²) in [6.07, 6.45) is 5.26. The summed E-state index contributed by atoms with van der Waals surface area (Å²) in [7, 11) is 0. The summed E-state index contributed by atoms with van der Waals surface area (Å²) in [5.41, 5.74) is 6.23. The van der Waals surface area contributed by atoms with Gasteiger partial charge in [-0.25, -0.2) is 0 Å². The summed E-state index contributed by atoms with van der Waals surface area (Å²) in [5.74, 6) is 0. The summed E-state index contributed by atoms with van der Waals surface area (Å²) in [4.78, 5) is 3.94. The molecule has 0 amide bonds. The zero-order valence-electron chi connectivity index (χ0n) is 9.09. The number of aryl methyl sites for hydroxylation is 1. The van der Waals surface area contributed by atoms with Crippen molar-refractivity contribution in [1.82, 2.24) is 4.98 Å². The predicted molar refractivity (Wildman–Crippen MR) is 66.6 cm³/mol. The van der Waals surface area contributed by atoms with Gasteiger partial charge in [-0.3, -0.25) is 10.4 Å². The quantitative estimate of drug-likeness (QED) is 0.626. The molecule has 2 aromatic rings. The molecule has 1 N–H and O–H groups in total. The van der Waals surface area contributed by atoms with Crippen LogP contribution in [0.4, 0.5) is 5.69 Å². The van der Waals surface area contributed by atoms with Crippen molar-refractivity contribution in [3.8, 4) is 0 Å². The highest BCUT2D eigenvalue weighted by Gasteiger charge is 1.92. The number of para-hydroxylation sites is 1. The molecule has 0 fully saturated rings. The molecule has 2 rings (SSSR count). The third-order valence-electron chi connectivity index (χ3n) is 2.25. The highest BCUT2D eigenvalue weighted by Crippen LogP contribution is 2.12. The van der Waals surface area contributed by atoms with E-state index >= 15 is 0 Å². The number of nitrogens with one attached hydrogen (secondary N) is 1. The van der Waals surface area contributed by atoms with Crippen molar-refractivity contribution in [2.75, 3.05) is 5.43 Å². The lowest BCUT2D eigenvalue weighted by atomic mass is 10.2. The van der Waals surface area contributed by atoms with Gasteiger partial charge in [0.05, 0.1) is 11.9 Å². The third-order valence-corrected chi connectivity index (χ3v) is 2.25. The topological polar surface area (TPSA) is 37.3 Å². The van der Waals surface area contributed by atoms with Crippen molar-refractivity contribution in [3.63, 3.8) is 0 Å². The standard InChI is InChI=1S/C13H13N3/c1-11-4-2-3-5-13(11)16-15-10-12-6-8-14-9-7-12/h2-10,16H,1H3/b15-10-. The van der Waals surface area contributed by atoms with Crippen LogP contribution < -0.4 is 5.43 Å². The first kappa shape index (κ1) is 10.4. The molecule has 1 aromatic heterocycles. The van der Waals surface area contributed by atoms with Crippen LogP contribution in [0, 0.1) is 6.92 Å². The lowest BCUT2D eigenvalue weighted by Gasteiger charge is -2.02. The first-order valence-electron chi connectivity index (χ1n) is 5.11. The Labute approximate surface area is 94.9 Å². The number of hydrogen-bond donors (Lipinski definition) is 1. The zero-order valence-corrected chi connectivity index (χ0v) is 9.09. The third kappa shape index (κ3) is 2.67. The van der Waals surface area contributed by atoms with Gasteiger partial charge < -0.3 is 0 Å². The van der Waals surface area contributed by atoms with Crippen LogP contribution >= 0.6 is 0 Å². The van der Waals surface area contributed by atoms with E-state index in [0.717, 1.165) is 11.3 Å². The molecule has 0 aliphatic carbocycles. The van der Waals surface area contributed by atoms with Crippen molar-refractivity contribution in [2.24, 2.45) is 5.10 Å². The van der Waals surface area contributed by atoms with Gasteiger partial charge in [0.2, 0.25) is 0 Å². The maximum Gasteiger partial charge on any atom is 0.0590 e. The lowest BCUT2D eigenvalue weighted by Crippen LogP contribution is -1.92. The molecule has 0 radical (unpaired) electrons. The summed E-state index contributed by atoms with van der Waals surface area (Å²) in [6.45, 7) is 2.05. The molecular weight excluding hydrogens is 198 g/mol. The van der Waals surface area contributed by atoms with Crippen LogP contribution in [0.1, 0.15) is 11.1 Å². The molecule has 1 aromatic carbocycles. The Bertz CT molecular complexity index is 478. The van der Waals surface area contributed by atoms with E-state index in [-0.39, 0.29) is 0 Å². The number of nitrogens with zero attached hydrogens (tertiary/aromatic N) is 2. The number of benzene rings is 1. The van der Waals surface area contributed by atoms with Crippen LogP contribution in [0.3, 0.4) is 0 Å². The van der Waals surface area contributed by atoms with Crippen LogP contribution in [0.25, 0.3) is 0 Å². The minimum absolute atomic E-state index is 1.02. The maximum absolute atomic E-state index is 4.17. The van der Waals surface area contributed by atoms with Gasteiger partial charge in [-0.2, -0.15) is 5.10 Å². The second-order valence-electron chi connectivity index (χ2n) is 3.47. The summed E-state index contributed by atoms with van der Waals surface area (Å²) in [6, 6.07) is 11.8. The number of hydrogen-bond acceptors (Lipinski definition) is 3. The van der Waals surface area contributed by atoms with E-state index in [1.165, 1.54) is 5.56 Å². The Hall–Kier alpha value is -2.16. The van der Waals surface area contributed by atoms with Crippen molar-refractivity contribution in [3.05, 3.63) is 59.9 Å². The van der Waals surface area contributed by atoms with Crippen molar-refractivity contribution < 1.29 is 0 Å². The normalized spacial score (nSPS) is 10.6. The van der Waals surface area contributed by atoms with Crippen molar-refractivity contribution in [1.29, 1.82) is 0 Å². The zero-order chi connectivity index (χ0) is 11.2. The first-order valence-corrected chi connectivity index (χ1v) is 5.11. The van der Waals surface area contributed by atoms with E-state index < -0.39 is 0 Å². The molecule has 0 aliphatic heterocycles. The second kappa shape index (κ2) is 5.07. The molecule has 0 saturated heterocycles. The second-order valence-corrected chi connectivity index (χ2v) is 3.47. The number of hydrazone groups is 1. The van der Waals surface area contributed by atoms with Crippen molar-refractivity contribution in [2.45, 2.75) is 6.92 Å². The Morgan fingerprint density at radius 2 is 1.88 bits per heavy atom. The molecule has 0 unspecified atom stereocenters. The number of aromatic nitrogens is 1. The minimum Gasteiger partial charge on any atom is -0.278 e. The Kier molecular flexibility index (Phi) is 3.28. The van der Waals surface area contributed by atoms with Gasteiger partial charge in [-0.1, -0.05) is 18.2 Å². The highest BCUT2D eigenvalue weighted by atomic mass is 15.3. The van der Waals surface area contributed by atoms with E-state index in [2.05, 4.69) is 15.5 Å². The van der Waals surface area contributed by atoms with Gasteiger partial charge in [0.1, 0.15) is 0 Å². The van der Waals surface area contributed by atoms with Gasteiger partial charge >= 0.3 is 0 Å². The minimum atomic E-state index is 1.02. The summed E-state index contributed by atoms with van der Waals surface area (Å²) in [5, 5.41) is 4.17. The smallest absolute Gasteiger partial charge is 0.0590 e. The number of pyridine rings is 1. The van der Waals surface area contributed by atoms with E-state index in [1.54, 1.807) is 18.6 Å². The van der Waals surface area contributed by atoms with Gasteiger partial charge in [0.25, 0.3) is 0 Å². The largest absolute Gasteiger partial charge is 0.278 e. The van der Waals surface area contributed by atoms with E-state index in [1.807, 2.05) is 43.3 Å². The molecule has 3 heteroatoms. The molecular formula is C13H13N3.